The van der Waals surface area contributed by atoms with E-state index in [1.807, 2.05) is 26.8 Å². The minimum atomic E-state index is -0.438. The topological polar surface area (TPSA) is 50.4 Å². The first kappa shape index (κ1) is 16.8. The lowest BCUT2D eigenvalue weighted by atomic mass is 9.85. The van der Waals surface area contributed by atoms with Gasteiger partial charge in [-0.1, -0.05) is 37.3 Å². The van der Waals surface area contributed by atoms with Gasteiger partial charge in [0.25, 0.3) is 0 Å². The van der Waals surface area contributed by atoms with Crippen LogP contribution in [-0.4, -0.2) is 23.8 Å². The third-order valence-corrected chi connectivity index (χ3v) is 3.91. The zero-order valence-corrected chi connectivity index (χ0v) is 14.1. The second-order valence-electron chi connectivity index (χ2n) is 7.05. The molecule has 1 amide bonds. The summed E-state index contributed by atoms with van der Waals surface area (Å²) in [6.45, 7) is 7.83. The van der Waals surface area contributed by atoms with Crippen LogP contribution >= 0.6 is 0 Å². The molecule has 0 aliphatic heterocycles. The highest BCUT2D eigenvalue weighted by Gasteiger charge is 2.32. The lowest BCUT2D eigenvalue weighted by Crippen LogP contribution is -2.53. The quantitative estimate of drug-likeness (QED) is 0.870. The van der Waals surface area contributed by atoms with Crippen molar-refractivity contribution < 1.29 is 9.53 Å². The van der Waals surface area contributed by atoms with E-state index in [1.165, 1.54) is 5.56 Å². The summed E-state index contributed by atoms with van der Waals surface area (Å²) in [5.41, 5.74) is 0.889. The van der Waals surface area contributed by atoms with Gasteiger partial charge in [-0.05, 0) is 45.6 Å². The Bertz CT molecular complexity index is 476. The van der Waals surface area contributed by atoms with Gasteiger partial charge in [-0.25, -0.2) is 4.79 Å². The molecule has 0 spiro atoms. The van der Waals surface area contributed by atoms with E-state index < -0.39 is 5.60 Å². The second-order valence-corrected chi connectivity index (χ2v) is 7.05. The Labute approximate surface area is 133 Å². The number of hydrogen-bond donors (Lipinski definition) is 2. The van der Waals surface area contributed by atoms with E-state index >= 15 is 0 Å². The van der Waals surface area contributed by atoms with Gasteiger partial charge in [0.1, 0.15) is 5.60 Å². The van der Waals surface area contributed by atoms with Gasteiger partial charge in [-0.3, -0.25) is 0 Å². The Morgan fingerprint density at radius 3 is 2.41 bits per heavy atom. The van der Waals surface area contributed by atoms with Crippen LogP contribution in [0.2, 0.25) is 0 Å². The number of alkyl carbamates (subject to hydrolysis) is 1. The zero-order chi connectivity index (χ0) is 16.2. The maximum absolute atomic E-state index is 11.7. The molecule has 0 bridgehead atoms. The summed E-state index contributed by atoms with van der Waals surface area (Å²) >= 11 is 0. The van der Waals surface area contributed by atoms with Crippen LogP contribution < -0.4 is 10.6 Å². The van der Waals surface area contributed by atoms with Gasteiger partial charge >= 0.3 is 6.09 Å². The molecule has 1 aliphatic rings. The van der Waals surface area contributed by atoms with Gasteiger partial charge in [0.2, 0.25) is 0 Å². The van der Waals surface area contributed by atoms with Crippen molar-refractivity contribution in [1.82, 2.24) is 10.6 Å². The maximum atomic E-state index is 11.7. The number of carbonyl (C=O) groups excluding carboxylic acids is 1. The molecule has 2 N–H and O–H groups in total. The highest BCUT2D eigenvalue weighted by atomic mass is 16.6. The van der Waals surface area contributed by atoms with Crippen molar-refractivity contribution in [2.75, 3.05) is 0 Å². The molecule has 2 rings (SSSR count). The van der Waals surface area contributed by atoms with Crippen LogP contribution in [-0.2, 0) is 4.74 Å². The second kappa shape index (κ2) is 7.14. The highest BCUT2D eigenvalue weighted by Crippen LogP contribution is 2.25. The van der Waals surface area contributed by atoms with Crippen molar-refractivity contribution >= 4 is 6.09 Å². The summed E-state index contributed by atoms with van der Waals surface area (Å²) < 4.78 is 5.28. The van der Waals surface area contributed by atoms with Gasteiger partial charge in [-0.2, -0.15) is 0 Å². The zero-order valence-electron chi connectivity index (χ0n) is 14.1. The van der Waals surface area contributed by atoms with Crippen LogP contribution in [0, 0.1) is 0 Å². The van der Waals surface area contributed by atoms with E-state index in [0.29, 0.717) is 12.1 Å². The van der Waals surface area contributed by atoms with Crippen LogP contribution in [0.15, 0.2) is 30.3 Å². The summed E-state index contributed by atoms with van der Waals surface area (Å²) in [6, 6.07) is 11.6. The van der Waals surface area contributed by atoms with Gasteiger partial charge in [-0.15, -0.1) is 0 Å². The van der Waals surface area contributed by atoms with E-state index in [1.54, 1.807) is 0 Å². The van der Waals surface area contributed by atoms with Crippen LogP contribution in [0.25, 0.3) is 0 Å². The number of rotatable bonds is 5. The predicted octanol–water partition coefficient (Wildman–Crippen LogP) is 3.78. The molecule has 1 atom stereocenters. The maximum Gasteiger partial charge on any atom is 0.407 e. The Hall–Kier alpha value is -1.55. The molecule has 0 aromatic heterocycles. The molecule has 1 unspecified atom stereocenters. The molecule has 0 radical (unpaired) electrons. The Morgan fingerprint density at radius 1 is 1.23 bits per heavy atom. The molecule has 1 aromatic carbocycles. The van der Waals surface area contributed by atoms with E-state index in [0.717, 1.165) is 19.3 Å². The Balaban J connectivity index is 1.74. The lowest BCUT2D eigenvalue weighted by molar-refractivity contribution is 0.0462. The molecule has 122 valence electrons. The Morgan fingerprint density at radius 2 is 1.86 bits per heavy atom. The molecule has 0 saturated heterocycles. The molecular weight excluding hydrogens is 276 g/mol. The first-order valence-corrected chi connectivity index (χ1v) is 8.18. The van der Waals surface area contributed by atoms with E-state index in [9.17, 15) is 4.79 Å². The average Bonchev–Trinajstić information content (AvgIpc) is 2.40. The largest absolute Gasteiger partial charge is 0.444 e. The first-order chi connectivity index (χ1) is 10.4. The number of amides is 1. The van der Waals surface area contributed by atoms with Gasteiger partial charge in [0, 0.05) is 18.1 Å². The van der Waals surface area contributed by atoms with Crippen molar-refractivity contribution in [3.63, 3.8) is 0 Å². The third kappa shape index (κ3) is 5.02. The van der Waals surface area contributed by atoms with E-state index in [2.05, 4.69) is 41.8 Å². The van der Waals surface area contributed by atoms with Crippen molar-refractivity contribution in [2.24, 2.45) is 0 Å². The number of carbonyl (C=O) groups is 1. The minimum absolute atomic E-state index is 0.223. The minimum Gasteiger partial charge on any atom is -0.444 e. The van der Waals surface area contributed by atoms with Gasteiger partial charge in [0.15, 0.2) is 0 Å². The van der Waals surface area contributed by atoms with Crippen molar-refractivity contribution in [3.8, 4) is 0 Å². The fraction of sp³-hybridized carbons (Fsp3) is 0.611. The smallest absolute Gasteiger partial charge is 0.407 e. The molecule has 4 nitrogen and oxygen atoms in total. The summed E-state index contributed by atoms with van der Waals surface area (Å²) in [5, 5.41) is 6.61. The van der Waals surface area contributed by atoms with Crippen LogP contribution in [0.4, 0.5) is 4.79 Å². The fourth-order valence-corrected chi connectivity index (χ4v) is 2.77. The van der Waals surface area contributed by atoms with E-state index in [4.69, 9.17) is 4.74 Å². The van der Waals surface area contributed by atoms with Crippen LogP contribution in [0.5, 0.6) is 0 Å². The summed E-state index contributed by atoms with van der Waals surface area (Å²) in [5.74, 6) is 0. The first-order valence-electron chi connectivity index (χ1n) is 8.18. The highest BCUT2D eigenvalue weighted by molar-refractivity contribution is 5.68. The van der Waals surface area contributed by atoms with Crippen molar-refractivity contribution in [3.05, 3.63) is 35.9 Å². The molecule has 1 saturated carbocycles. The number of benzene rings is 1. The van der Waals surface area contributed by atoms with Crippen molar-refractivity contribution in [1.29, 1.82) is 0 Å². The standard InChI is InChI=1S/C18H28N2O2/c1-5-16(13-9-7-6-8-10-13)19-14-11-15(12-14)20-17(21)22-18(2,3)4/h6-10,14-16,19H,5,11-12H2,1-4H3,(H,20,21). The van der Waals surface area contributed by atoms with Gasteiger partial charge < -0.3 is 15.4 Å². The number of nitrogens with one attached hydrogen (secondary N) is 2. The molecule has 22 heavy (non-hydrogen) atoms. The normalized spacial score (nSPS) is 22.5. The summed E-state index contributed by atoms with van der Waals surface area (Å²) in [6.07, 6.45) is 2.67. The SMILES string of the molecule is CCC(NC1CC(NC(=O)OC(C)(C)C)C1)c1ccccc1. The molecule has 0 heterocycles. The molecule has 1 aliphatic carbocycles. The molecule has 1 fully saturated rings. The fourth-order valence-electron chi connectivity index (χ4n) is 2.77. The average molecular weight is 304 g/mol. The molecule has 4 heteroatoms. The molecule has 1 aromatic rings. The predicted molar refractivity (Wildman–Crippen MR) is 88.8 cm³/mol. The monoisotopic (exact) mass is 304 g/mol. The number of hydrogen-bond acceptors (Lipinski definition) is 3. The summed E-state index contributed by atoms with van der Waals surface area (Å²) in [4.78, 5) is 11.7. The molecular formula is C18H28N2O2. The van der Waals surface area contributed by atoms with Crippen molar-refractivity contribution in [2.45, 2.75) is 70.7 Å². The number of ether oxygens (including phenoxy) is 1. The van der Waals surface area contributed by atoms with Gasteiger partial charge in [0.05, 0.1) is 0 Å². The van der Waals surface area contributed by atoms with Crippen LogP contribution in [0.1, 0.15) is 58.6 Å². The lowest BCUT2D eigenvalue weighted by Gasteiger charge is -2.39. The van der Waals surface area contributed by atoms with E-state index in [-0.39, 0.29) is 12.1 Å². The summed E-state index contributed by atoms with van der Waals surface area (Å²) in [7, 11) is 0. The third-order valence-electron chi connectivity index (χ3n) is 3.91. The Kier molecular flexibility index (Phi) is 5.46. The van der Waals surface area contributed by atoms with Crippen LogP contribution in [0.3, 0.4) is 0 Å².